The Morgan fingerprint density at radius 1 is 0.375 bits per heavy atom. The second-order valence-corrected chi connectivity index (χ2v) is 13.5. The van der Waals surface area contributed by atoms with Crippen LogP contribution in [0.1, 0.15) is 0 Å². The Morgan fingerprint density at radius 2 is 0.979 bits per heavy atom. The highest BCUT2D eigenvalue weighted by molar-refractivity contribution is 7.26. The van der Waals surface area contributed by atoms with Crippen molar-refractivity contribution in [1.29, 1.82) is 0 Å². The van der Waals surface area contributed by atoms with Gasteiger partial charge >= 0.3 is 0 Å². The van der Waals surface area contributed by atoms with E-state index in [1.807, 2.05) is 11.3 Å². The molecule has 0 aliphatic heterocycles. The summed E-state index contributed by atoms with van der Waals surface area (Å²) in [5, 5.41) is 12.9. The molecule has 10 rings (SSSR count). The molecule has 2 heteroatoms. The largest absolute Gasteiger partial charge is 0.309 e. The zero-order valence-electron chi connectivity index (χ0n) is 26.1. The van der Waals surface area contributed by atoms with Gasteiger partial charge in [-0.25, -0.2) is 0 Å². The van der Waals surface area contributed by atoms with E-state index in [0.717, 1.165) is 11.4 Å². The maximum Gasteiger partial charge on any atom is 0.0646 e. The summed E-state index contributed by atoms with van der Waals surface area (Å²) in [5.41, 5.74) is 5.94. The third-order valence-corrected chi connectivity index (χ3v) is 11.0. The van der Waals surface area contributed by atoms with Gasteiger partial charge in [0.2, 0.25) is 0 Å². The van der Waals surface area contributed by atoms with Crippen molar-refractivity contribution in [3.05, 3.63) is 176 Å². The zero-order chi connectivity index (χ0) is 31.6. The Labute approximate surface area is 282 Å². The molecule has 0 radical (unpaired) electrons. The summed E-state index contributed by atoms with van der Waals surface area (Å²) >= 11 is 1.88. The smallest absolute Gasteiger partial charge is 0.0646 e. The topological polar surface area (TPSA) is 3.24 Å². The van der Waals surface area contributed by atoms with Crippen LogP contribution in [0.15, 0.2) is 176 Å². The van der Waals surface area contributed by atoms with Crippen LogP contribution >= 0.6 is 11.3 Å². The van der Waals surface area contributed by atoms with Gasteiger partial charge in [0.1, 0.15) is 0 Å². The predicted octanol–water partition coefficient (Wildman–Crippen LogP) is 13.8. The standard InChI is InChI=1S/C46H29NS/c1-2-14-33(15-3-1)47(43-28-32-13-5-7-17-36(32)45-40-20-10-11-21-44(40)48-46(43)45)34-25-22-31(23-26-34)41-29-42-35-16-6-4-12-30(35)24-27-39(42)37-18-8-9-19-38(37)41/h1-29H. The summed E-state index contributed by atoms with van der Waals surface area (Å²) in [5.74, 6) is 0. The molecular weight excluding hydrogens is 599 g/mol. The number of benzene rings is 9. The second kappa shape index (κ2) is 10.8. The van der Waals surface area contributed by atoms with Crippen molar-refractivity contribution in [3.8, 4) is 11.1 Å². The number of hydrogen-bond acceptors (Lipinski definition) is 2. The lowest BCUT2D eigenvalue weighted by Gasteiger charge is -2.27. The van der Waals surface area contributed by atoms with Crippen LogP contribution in [0.5, 0.6) is 0 Å². The fraction of sp³-hybridized carbons (Fsp3) is 0. The van der Waals surface area contributed by atoms with E-state index >= 15 is 0 Å². The van der Waals surface area contributed by atoms with E-state index in [4.69, 9.17) is 0 Å². The maximum absolute atomic E-state index is 2.43. The predicted molar refractivity (Wildman–Crippen MR) is 209 cm³/mol. The van der Waals surface area contributed by atoms with E-state index in [1.54, 1.807) is 0 Å². The minimum absolute atomic E-state index is 1.13. The molecule has 0 aliphatic carbocycles. The molecule has 10 aromatic rings. The van der Waals surface area contributed by atoms with Gasteiger partial charge in [0.15, 0.2) is 0 Å². The number of fused-ring (bicyclic) bond motifs is 10. The molecule has 1 heterocycles. The summed E-state index contributed by atoms with van der Waals surface area (Å²) in [6, 6.07) is 64.4. The van der Waals surface area contributed by atoms with Gasteiger partial charge in [-0.2, -0.15) is 0 Å². The quantitative estimate of drug-likeness (QED) is 0.176. The van der Waals surface area contributed by atoms with Crippen LogP contribution in [-0.2, 0) is 0 Å². The highest BCUT2D eigenvalue weighted by atomic mass is 32.1. The number of hydrogen-bond donors (Lipinski definition) is 0. The molecule has 0 N–H and O–H groups in total. The van der Waals surface area contributed by atoms with Gasteiger partial charge in [0.05, 0.1) is 10.4 Å². The fourth-order valence-electron chi connectivity index (χ4n) is 7.62. The third-order valence-electron chi connectivity index (χ3n) is 9.81. The van der Waals surface area contributed by atoms with Crippen molar-refractivity contribution in [2.45, 2.75) is 0 Å². The Hall–Kier alpha value is -5.96. The van der Waals surface area contributed by atoms with Crippen molar-refractivity contribution >= 4 is 91.7 Å². The van der Waals surface area contributed by atoms with Gasteiger partial charge in [0, 0.05) is 26.8 Å². The van der Waals surface area contributed by atoms with Gasteiger partial charge in [0.25, 0.3) is 0 Å². The Kier molecular flexibility index (Phi) is 6.12. The van der Waals surface area contributed by atoms with Crippen LogP contribution in [0, 0.1) is 0 Å². The molecule has 9 aromatic carbocycles. The Balaban J connectivity index is 1.20. The first-order valence-electron chi connectivity index (χ1n) is 16.4. The van der Waals surface area contributed by atoms with E-state index in [2.05, 4.69) is 181 Å². The van der Waals surface area contributed by atoms with E-state index in [1.165, 1.54) is 80.1 Å². The van der Waals surface area contributed by atoms with Gasteiger partial charge < -0.3 is 4.90 Å². The Bertz CT molecular complexity index is 2830. The van der Waals surface area contributed by atoms with Crippen molar-refractivity contribution in [3.63, 3.8) is 0 Å². The number of anilines is 3. The van der Waals surface area contributed by atoms with Crippen molar-refractivity contribution in [2.24, 2.45) is 0 Å². The molecule has 0 spiro atoms. The highest BCUT2D eigenvalue weighted by Gasteiger charge is 2.20. The highest BCUT2D eigenvalue weighted by Crippen LogP contribution is 2.48. The van der Waals surface area contributed by atoms with E-state index in [-0.39, 0.29) is 0 Å². The average molecular weight is 628 g/mol. The average Bonchev–Trinajstić information content (AvgIpc) is 3.56. The summed E-state index contributed by atoms with van der Waals surface area (Å²) < 4.78 is 2.61. The molecule has 48 heavy (non-hydrogen) atoms. The SMILES string of the molecule is c1ccc(N(c2ccc(-c3cc4c5ccccc5ccc4c4ccccc34)cc2)c2cc3ccccc3c3c2sc2ccccc23)cc1. The molecule has 0 bridgehead atoms. The first-order chi connectivity index (χ1) is 23.8. The third kappa shape index (κ3) is 4.17. The molecule has 0 saturated heterocycles. The molecule has 0 saturated carbocycles. The van der Waals surface area contributed by atoms with Crippen molar-refractivity contribution < 1.29 is 0 Å². The molecular formula is C46H29NS. The first kappa shape index (κ1) is 27.2. The first-order valence-corrected chi connectivity index (χ1v) is 17.3. The molecule has 224 valence electrons. The van der Waals surface area contributed by atoms with Crippen LogP contribution in [0.4, 0.5) is 17.1 Å². The van der Waals surface area contributed by atoms with E-state index in [0.29, 0.717) is 0 Å². The summed E-state index contributed by atoms with van der Waals surface area (Å²) in [7, 11) is 0. The van der Waals surface area contributed by atoms with Gasteiger partial charge in [-0.05, 0) is 96.7 Å². The van der Waals surface area contributed by atoms with Crippen molar-refractivity contribution in [1.82, 2.24) is 0 Å². The lowest BCUT2D eigenvalue weighted by Crippen LogP contribution is -2.10. The molecule has 0 amide bonds. The fourth-order valence-corrected chi connectivity index (χ4v) is 8.84. The Morgan fingerprint density at radius 3 is 1.79 bits per heavy atom. The van der Waals surface area contributed by atoms with Crippen molar-refractivity contribution in [2.75, 3.05) is 4.90 Å². The van der Waals surface area contributed by atoms with Crippen LogP contribution < -0.4 is 4.90 Å². The monoisotopic (exact) mass is 627 g/mol. The number of para-hydroxylation sites is 1. The van der Waals surface area contributed by atoms with Crippen LogP contribution in [0.2, 0.25) is 0 Å². The van der Waals surface area contributed by atoms with Gasteiger partial charge in [-0.1, -0.05) is 133 Å². The zero-order valence-corrected chi connectivity index (χ0v) is 26.9. The van der Waals surface area contributed by atoms with Gasteiger partial charge in [-0.15, -0.1) is 11.3 Å². The molecule has 0 aliphatic rings. The number of nitrogens with zero attached hydrogens (tertiary/aromatic N) is 1. The minimum atomic E-state index is 1.13. The van der Waals surface area contributed by atoms with Crippen LogP contribution in [0.3, 0.4) is 0 Å². The second-order valence-electron chi connectivity index (χ2n) is 12.5. The number of rotatable bonds is 4. The minimum Gasteiger partial charge on any atom is -0.309 e. The molecule has 0 unspecified atom stereocenters. The molecule has 0 fully saturated rings. The summed E-state index contributed by atoms with van der Waals surface area (Å²) in [6.07, 6.45) is 0. The maximum atomic E-state index is 2.43. The lowest BCUT2D eigenvalue weighted by atomic mass is 9.91. The number of thiophene rings is 1. The molecule has 0 atom stereocenters. The normalized spacial score (nSPS) is 11.8. The van der Waals surface area contributed by atoms with Gasteiger partial charge in [-0.3, -0.25) is 0 Å². The van der Waals surface area contributed by atoms with E-state index < -0.39 is 0 Å². The molecule has 1 nitrogen and oxygen atoms in total. The summed E-state index contributed by atoms with van der Waals surface area (Å²) in [4.78, 5) is 2.43. The molecule has 1 aromatic heterocycles. The van der Waals surface area contributed by atoms with E-state index in [9.17, 15) is 0 Å². The summed E-state index contributed by atoms with van der Waals surface area (Å²) in [6.45, 7) is 0. The van der Waals surface area contributed by atoms with Crippen LogP contribution in [0.25, 0.3) is 74.4 Å². The lowest BCUT2D eigenvalue weighted by molar-refractivity contribution is 1.30. The van der Waals surface area contributed by atoms with Crippen LogP contribution in [-0.4, -0.2) is 0 Å².